The fraction of sp³-hybridized carbons (Fsp3) is 0.600. The second kappa shape index (κ2) is 5.90. The van der Waals surface area contributed by atoms with Crippen LogP contribution in [0.3, 0.4) is 0 Å². The van der Waals surface area contributed by atoms with Crippen molar-refractivity contribution in [1.82, 2.24) is 4.72 Å². The van der Waals surface area contributed by atoms with Gasteiger partial charge in [0, 0.05) is 17.9 Å². The maximum absolute atomic E-state index is 12.0. The van der Waals surface area contributed by atoms with Crippen LogP contribution < -0.4 is 10.5 Å². The predicted molar refractivity (Wildman–Crippen MR) is 69.5 cm³/mol. The Labute approximate surface area is 106 Å². The second-order valence-corrected chi connectivity index (χ2v) is 6.41. The minimum absolute atomic E-state index is 0.120. The molecular weight excluding hydrogens is 260 g/mol. The van der Waals surface area contributed by atoms with Gasteiger partial charge >= 0.3 is 0 Å². The number of sulfonamides is 1. The van der Waals surface area contributed by atoms with Crippen molar-refractivity contribution in [3.8, 4) is 0 Å². The van der Waals surface area contributed by atoms with E-state index in [4.69, 9.17) is 10.2 Å². The Morgan fingerprint density at radius 2 is 2.24 bits per heavy atom. The molecule has 0 saturated carbocycles. The van der Waals surface area contributed by atoms with Gasteiger partial charge in [-0.25, -0.2) is 13.1 Å². The first-order valence-corrected chi connectivity index (χ1v) is 8.09. The molecule has 1 aromatic heterocycles. The van der Waals surface area contributed by atoms with Crippen LogP contribution in [0.4, 0.5) is 0 Å². The molecule has 1 atom stereocenters. The molecule has 7 heteroatoms. The van der Waals surface area contributed by atoms with E-state index in [1.54, 1.807) is 18.7 Å². The first kappa shape index (κ1) is 14.6. The zero-order chi connectivity index (χ0) is 13.1. The van der Waals surface area contributed by atoms with E-state index in [0.29, 0.717) is 11.5 Å². The molecule has 98 valence electrons. The molecule has 1 unspecified atom stereocenters. The lowest BCUT2D eigenvalue weighted by atomic mass is 10.4. The third-order valence-electron chi connectivity index (χ3n) is 2.19. The molecule has 0 aromatic carbocycles. The maximum Gasteiger partial charge on any atom is 0.244 e. The third kappa shape index (κ3) is 3.74. The Morgan fingerprint density at radius 1 is 1.59 bits per heavy atom. The second-order valence-electron chi connectivity index (χ2n) is 3.81. The number of hydrogen-bond donors (Lipinski definition) is 2. The van der Waals surface area contributed by atoms with Gasteiger partial charge in [0.25, 0.3) is 0 Å². The van der Waals surface area contributed by atoms with Crippen LogP contribution in [0, 0.1) is 6.92 Å². The summed E-state index contributed by atoms with van der Waals surface area (Å²) in [7, 11) is -3.51. The van der Waals surface area contributed by atoms with Crippen molar-refractivity contribution >= 4 is 21.8 Å². The largest absolute Gasteiger partial charge is 0.464 e. The van der Waals surface area contributed by atoms with E-state index in [9.17, 15) is 8.42 Å². The predicted octanol–water partition coefficient (Wildman–Crippen LogP) is 1.08. The number of thioether (sulfide) groups is 1. The molecule has 0 amide bonds. The number of furan rings is 1. The molecule has 1 heterocycles. The highest BCUT2D eigenvalue weighted by Gasteiger charge is 2.22. The topological polar surface area (TPSA) is 85.3 Å². The van der Waals surface area contributed by atoms with Gasteiger partial charge in [-0.2, -0.15) is 11.8 Å². The van der Waals surface area contributed by atoms with E-state index >= 15 is 0 Å². The van der Waals surface area contributed by atoms with Crippen LogP contribution in [-0.4, -0.2) is 26.5 Å². The molecule has 1 aromatic rings. The van der Waals surface area contributed by atoms with Crippen molar-refractivity contribution in [3.63, 3.8) is 0 Å². The van der Waals surface area contributed by atoms with Gasteiger partial charge in [-0.1, -0.05) is 0 Å². The first-order chi connectivity index (χ1) is 7.90. The summed E-state index contributed by atoms with van der Waals surface area (Å²) in [5, 5.41) is 0. The van der Waals surface area contributed by atoms with E-state index in [1.807, 2.05) is 13.2 Å². The highest BCUT2D eigenvalue weighted by Crippen LogP contribution is 2.20. The van der Waals surface area contributed by atoms with Crippen molar-refractivity contribution in [1.29, 1.82) is 0 Å². The molecule has 0 aliphatic carbocycles. The first-order valence-electron chi connectivity index (χ1n) is 5.21. The average molecular weight is 278 g/mol. The molecule has 1 rings (SSSR count). The molecular formula is C10H18N2O3S2. The highest BCUT2D eigenvalue weighted by atomic mass is 32.2. The van der Waals surface area contributed by atoms with E-state index in [-0.39, 0.29) is 17.5 Å². The molecule has 0 saturated heterocycles. The number of rotatable bonds is 6. The van der Waals surface area contributed by atoms with Gasteiger partial charge in [0.2, 0.25) is 10.0 Å². The van der Waals surface area contributed by atoms with Gasteiger partial charge < -0.3 is 10.2 Å². The lowest BCUT2D eigenvalue weighted by Crippen LogP contribution is -2.34. The van der Waals surface area contributed by atoms with Crippen molar-refractivity contribution in [2.75, 3.05) is 12.0 Å². The maximum atomic E-state index is 12.0. The summed E-state index contributed by atoms with van der Waals surface area (Å²) in [6.45, 7) is 3.64. The van der Waals surface area contributed by atoms with E-state index in [0.717, 1.165) is 5.75 Å². The highest BCUT2D eigenvalue weighted by molar-refractivity contribution is 7.98. The van der Waals surface area contributed by atoms with Gasteiger partial charge in [0.05, 0.1) is 6.54 Å². The van der Waals surface area contributed by atoms with Crippen LogP contribution in [0.5, 0.6) is 0 Å². The van der Waals surface area contributed by atoms with Gasteiger partial charge in [-0.05, 0) is 20.1 Å². The fourth-order valence-corrected chi connectivity index (χ4v) is 3.64. The van der Waals surface area contributed by atoms with Crippen LogP contribution in [0.15, 0.2) is 15.4 Å². The molecule has 0 aliphatic heterocycles. The van der Waals surface area contributed by atoms with Crippen molar-refractivity contribution in [2.24, 2.45) is 5.73 Å². The van der Waals surface area contributed by atoms with E-state index < -0.39 is 10.0 Å². The summed E-state index contributed by atoms with van der Waals surface area (Å²) in [5.41, 5.74) is 5.41. The van der Waals surface area contributed by atoms with Gasteiger partial charge in [-0.3, -0.25) is 0 Å². The number of hydrogen-bond acceptors (Lipinski definition) is 5. The Morgan fingerprint density at radius 3 is 2.71 bits per heavy atom. The number of aryl methyl sites for hydroxylation is 1. The minimum atomic E-state index is -3.51. The van der Waals surface area contributed by atoms with Crippen LogP contribution in [0.2, 0.25) is 0 Å². The standard InChI is InChI=1S/C10H18N2O3S2/c1-7(6-16-3)12-17(13,14)10-4-9(5-11)15-8(10)2/h4,7,12H,5-6,11H2,1-3H3. The molecule has 5 nitrogen and oxygen atoms in total. The molecule has 0 bridgehead atoms. The monoisotopic (exact) mass is 278 g/mol. The smallest absolute Gasteiger partial charge is 0.244 e. The Kier molecular flexibility index (Phi) is 5.05. The molecule has 3 N–H and O–H groups in total. The Hall–Kier alpha value is -0.500. The normalized spacial score (nSPS) is 13.9. The van der Waals surface area contributed by atoms with E-state index in [2.05, 4.69) is 4.72 Å². The van der Waals surface area contributed by atoms with Gasteiger partial charge in [0.15, 0.2) is 0 Å². The lowest BCUT2D eigenvalue weighted by Gasteiger charge is -2.12. The molecule has 0 fully saturated rings. The van der Waals surface area contributed by atoms with Crippen LogP contribution in [-0.2, 0) is 16.6 Å². The quantitative estimate of drug-likeness (QED) is 0.813. The zero-order valence-corrected chi connectivity index (χ0v) is 11.8. The number of nitrogens with one attached hydrogen (secondary N) is 1. The summed E-state index contributed by atoms with van der Waals surface area (Å²) >= 11 is 1.59. The Bertz CT molecular complexity index is 468. The van der Waals surface area contributed by atoms with Crippen LogP contribution >= 0.6 is 11.8 Å². The fourth-order valence-electron chi connectivity index (χ4n) is 1.50. The summed E-state index contributed by atoms with van der Waals surface area (Å²) in [4.78, 5) is 0.172. The SMILES string of the molecule is CSCC(C)NS(=O)(=O)c1cc(CN)oc1C. The summed E-state index contributed by atoms with van der Waals surface area (Å²) in [6.07, 6.45) is 1.93. The molecule has 0 radical (unpaired) electrons. The van der Waals surface area contributed by atoms with Crippen molar-refractivity contribution < 1.29 is 12.8 Å². The Balaban J connectivity index is 2.92. The average Bonchev–Trinajstić information content (AvgIpc) is 2.60. The summed E-state index contributed by atoms with van der Waals surface area (Å²) in [5.74, 6) is 1.56. The molecule has 17 heavy (non-hydrogen) atoms. The van der Waals surface area contributed by atoms with Gasteiger partial charge in [0.1, 0.15) is 16.4 Å². The summed E-state index contributed by atoms with van der Waals surface area (Å²) in [6, 6.07) is 1.36. The van der Waals surface area contributed by atoms with Crippen molar-refractivity contribution in [3.05, 3.63) is 17.6 Å². The third-order valence-corrected chi connectivity index (χ3v) is 4.72. The molecule has 0 spiro atoms. The lowest BCUT2D eigenvalue weighted by molar-refractivity contribution is 0.478. The van der Waals surface area contributed by atoms with E-state index in [1.165, 1.54) is 6.07 Å². The van der Waals surface area contributed by atoms with Gasteiger partial charge in [-0.15, -0.1) is 0 Å². The number of nitrogens with two attached hydrogens (primary N) is 1. The van der Waals surface area contributed by atoms with Crippen molar-refractivity contribution in [2.45, 2.75) is 31.3 Å². The van der Waals surface area contributed by atoms with Crippen LogP contribution in [0.25, 0.3) is 0 Å². The minimum Gasteiger partial charge on any atom is -0.464 e. The van der Waals surface area contributed by atoms with Crippen LogP contribution in [0.1, 0.15) is 18.4 Å². The molecule has 0 aliphatic rings. The summed E-state index contributed by atoms with van der Waals surface area (Å²) < 4.78 is 31.9. The zero-order valence-electron chi connectivity index (χ0n) is 10.2.